The molecule has 2 N–H and O–H groups in total. The molecule has 0 aliphatic heterocycles. The maximum Gasteiger partial charge on any atom is 0.319 e. The van der Waals surface area contributed by atoms with E-state index in [1.165, 1.54) is 34.0 Å². The highest BCUT2D eigenvalue weighted by Crippen LogP contribution is 2.29. The Labute approximate surface area is 182 Å². The summed E-state index contributed by atoms with van der Waals surface area (Å²) in [6, 6.07) is 6.50. The van der Waals surface area contributed by atoms with Crippen LogP contribution in [0.4, 0.5) is 14.5 Å². The van der Waals surface area contributed by atoms with E-state index in [4.69, 9.17) is 10.8 Å². The van der Waals surface area contributed by atoms with E-state index in [1.807, 2.05) is 0 Å². The molecule has 2 heterocycles. The lowest BCUT2D eigenvalue weighted by Gasteiger charge is -2.18. The molecule has 3 aromatic rings. The number of carbonyl (C=O) groups excluding carboxylic acids is 3. The summed E-state index contributed by atoms with van der Waals surface area (Å²) in [7, 11) is 0. The molecule has 0 atom stereocenters. The van der Waals surface area contributed by atoms with Crippen molar-refractivity contribution in [2.24, 2.45) is 0 Å². The molecule has 0 fully saturated rings. The van der Waals surface area contributed by atoms with Gasteiger partial charge in [0.05, 0.1) is 17.4 Å². The number of carbonyl (C=O) groups is 3. The first-order valence-electron chi connectivity index (χ1n) is 9.59. The molecule has 166 valence electrons. The highest BCUT2D eigenvalue weighted by Gasteiger charge is 2.33. The van der Waals surface area contributed by atoms with Gasteiger partial charge in [-0.25, -0.2) is 0 Å². The molecule has 0 saturated carbocycles. The van der Waals surface area contributed by atoms with Gasteiger partial charge in [0.15, 0.2) is 0 Å². The Kier molecular flexibility index (Phi) is 5.90. The van der Waals surface area contributed by atoms with E-state index in [9.17, 15) is 23.2 Å². The zero-order valence-electron chi connectivity index (χ0n) is 17.9. The molecule has 0 unspecified atom stereocenters. The maximum absolute atomic E-state index is 13.9. The number of alkyl halides is 2. The number of ketones is 1. The van der Waals surface area contributed by atoms with Gasteiger partial charge in [-0.2, -0.15) is 8.78 Å². The van der Waals surface area contributed by atoms with Crippen molar-refractivity contribution in [1.29, 1.82) is 0 Å². The van der Waals surface area contributed by atoms with Crippen molar-refractivity contribution in [3.63, 3.8) is 0 Å². The van der Waals surface area contributed by atoms with Gasteiger partial charge in [0.25, 0.3) is 17.6 Å². The minimum atomic E-state index is -3.11. The van der Waals surface area contributed by atoms with Gasteiger partial charge in [-0.3, -0.25) is 19.0 Å². The monoisotopic (exact) mass is 441 g/mol. The van der Waals surface area contributed by atoms with E-state index in [0.29, 0.717) is 21.2 Å². The summed E-state index contributed by atoms with van der Waals surface area (Å²) >= 11 is 0. The fraction of sp³-hybridized carbons (Fsp3) is 0.261. The largest absolute Gasteiger partial charge is 0.464 e. The fourth-order valence-electron chi connectivity index (χ4n) is 3.44. The number of fused-ring (bicyclic) bond motifs is 1. The van der Waals surface area contributed by atoms with E-state index in [-0.39, 0.29) is 16.8 Å². The van der Waals surface area contributed by atoms with Gasteiger partial charge in [-0.05, 0) is 57.5 Å². The first-order chi connectivity index (χ1) is 15.0. The smallest absolute Gasteiger partial charge is 0.319 e. The molecule has 3 rings (SSSR count). The van der Waals surface area contributed by atoms with Gasteiger partial charge in [-0.1, -0.05) is 5.92 Å². The topological polar surface area (TPSA) is 93.3 Å². The van der Waals surface area contributed by atoms with E-state index in [1.54, 1.807) is 24.3 Å². The summed E-state index contributed by atoms with van der Waals surface area (Å²) < 4.78 is 33.4. The number of aromatic nitrogens is 1. The van der Waals surface area contributed by atoms with Crippen LogP contribution in [0.3, 0.4) is 0 Å². The number of furan rings is 1. The molecule has 0 saturated heterocycles. The second kappa shape index (κ2) is 8.30. The number of amides is 2. The van der Waals surface area contributed by atoms with Crippen LogP contribution in [0.2, 0.25) is 0 Å². The second-order valence-electron chi connectivity index (χ2n) is 7.76. The lowest BCUT2D eigenvalue weighted by atomic mass is 10.0. The van der Waals surface area contributed by atoms with E-state index >= 15 is 0 Å². The predicted octanol–water partition coefficient (Wildman–Crippen LogP) is 4.21. The normalized spacial score (nSPS) is 11.4. The maximum atomic E-state index is 13.9. The van der Waals surface area contributed by atoms with Crippen molar-refractivity contribution in [1.82, 2.24) is 9.88 Å². The molecule has 0 aliphatic rings. The number of terminal acetylenes is 1. The summed E-state index contributed by atoms with van der Waals surface area (Å²) in [5.41, 5.74) is -1.10. The highest BCUT2D eigenvalue weighted by atomic mass is 19.3. The third-order valence-corrected chi connectivity index (χ3v) is 5.03. The minimum Gasteiger partial charge on any atom is -0.464 e. The van der Waals surface area contributed by atoms with Crippen molar-refractivity contribution in [3.8, 4) is 12.3 Å². The Morgan fingerprint density at radius 3 is 2.50 bits per heavy atom. The number of benzene rings is 1. The Balaban J connectivity index is 2.00. The lowest BCUT2D eigenvalue weighted by Crippen LogP contribution is -2.45. The minimum absolute atomic E-state index is 0.0386. The number of Topliss-reactive ketones (excluding diaryl/α,β-unsaturated/α-hetero) is 1. The Bertz CT molecular complexity index is 1280. The van der Waals surface area contributed by atoms with Crippen LogP contribution < -0.4 is 10.6 Å². The standard InChI is InChI=1S/C23H21F2N3O4/c1-6-23(4,5)27-21(31)19(29)17-12(2)18(28(13(17)3)22(24)25)20(30)26-15-7-8-16-14(11-15)9-10-32-16/h1,7-11,22H,2-5H3,(H,26,30)(H,27,31). The molecular formula is C23H21F2N3O4. The molecule has 7 nitrogen and oxygen atoms in total. The van der Waals surface area contributed by atoms with E-state index in [2.05, 4.69) is 16.6 Å². The zero-order chi connectivity index (χ0) is 23.8. The average molecular weight is 441 g/mol. The van der Waals surface area contributed by atoms with Crippen molar-refractivity contribution in [2.75, 3.05) is 5.32 Å². The Hall–Kier alpha value is -3.93. The molecule has 0 bridgehead atoms. The van der Waals surface area contributed by atoms with Crippen LogP contribution in [0.1, 0.15) is 52.5 Å². The van der Waals surface area contributed by atoms with Crippen molar-refractivity contribution >= 4 is 34.3 Å². The van der Waals surface area contributed by atoms with E-state index < -0.39 is 35.4 Å². The molecule has 2 aromatic heterocycles. The average Bonchev–Trinajstić information content (AvgIpc) is 3.28. The highest BCUT2D eigenvalue weighted by molar-refractivity contribution is 6.43. The molecule has 2 amide bonds. The van der Waals surface area contributed by atoms with Crippen LogP contribution in [0.25, 0.3) is 11.0 Å². The summed E-state index contributed by atoms with van der Waals surface area (Å²) in [5.74, 6) is -0.643. The van der Waals surface area contributed by atoms with Crippen LogP contribution in [-0.2, 0) is 4.79 Å². The molecule has 9 heteroatoms. The van der Waals surface area contributed by atoms with Crippen LogP contribution in [-0.4, -0.2) is 27.7 Å². The number of halogens is 2. The fourth-order valence-corrected chi connectivity index (χ4v) is 3.44. The van der Waals surface area contributed by atoms with Gasteiger partial charge < -0.3 is 15.1 Å². The number of nitrogens with zero attached hydrogens (tertiary/aromatic N) is 1. The summed E-state index contributed by atoms with van der Waals surface area (Å²) in [5, 5.41) is 5.64. The van der Waals surface area contributed by atoms with Crippen LogP contribution in [0.15, 0.2) is 34.9 Å². The quantitative estimate of drug-likeness (QED) is 0.341. The van der Waals surface area contributed by atoms with Gasteiger partial charge in [0.2, 0.25) is 0 Å². The van der Waals surface area contributed by atoms with Gasteiger partial charge in [0, 0.05) is 16.8 Å². The van der Waals surface area contributed by atoms with Crippen molar-refractivity contribution < 1.29 is 27.6 Å². The third kappa shape index (κ3) is 4.12. The van der Waals surface area contributed by atoms with Crippen LogP contribution in [0.5, 0.6) is 0 Å². The second-order valence-corrected chi connectivity index (χ2v) is 7.76. The summed E-state index contributed by atoms with van der Waals surface area (Å²) in [6.07, 6.45) is 6.81. The van der Waals surface area contributed by atoms with Crippen molar-refractivity contribution in [3.05, 3.63) is 53.0 Å². The van der Waals surface area contributed by atoms with Crippen LogP contribution >= 0.6 is 0 Å². The summed E-state index contributed by atoms with van der Waals surface area (Å²) in [4.78, 5) is 38.1. The molecule has 32 heavy (non-hydrogen) atoms. The molecule has 1 aromatic carbocycles. The van der Waals surface area contributed by atoms with Gasteiger partial charge in [-0.15, -0.1) is 6.42 Å². The summed E-state index contributed by atoms with van der Waals surface area (Å²) in [6.45, 7) is 2.50. The Morgan fingerprint density at radius 1 is 1.19 bits per heavy atom. The third-order valence-electron chi connectivity index (χ3n) is 5.03. The van der Waals surface area contributed by atoms with Crippen LogP contribution in [0, 0.1) is 26.2 Å². The lowest BCUT2D eigenvalue weighted by molar-refractivity contribution is -0.118. The molecule has 0 spiro atoms. The number of hydrogen-bond acceptors (Lipinski definition) is 4. The Morgan fingerprint density at radius 2 is 1.88 bits per heavy atom. The van der Waals surface area contributed by atoms with Gasteiger partial charge >= 0.3 is 6.55 Å². The number of nitrogens with one attached hydrogen (secondary N) is 2. The SMILES string of the molecule is C#CC(C)(C)NC(=O)C(=O)c1c(C)c(C(=O)Nc2ccc3occc3c2)n(C(F)F)c1C. The molecule has 0 aliphatic carbocycles. The number of rotatable bonds is 6. The first kappa shape index (κ1) is 22.7. The molecular weight excluding hydrogens is 420 g/mol. The number of anilines is 1. The van der Waals surface area contributed by atoms with E-state index in [0.717, 1.165) is 0 Å². The number of hydrogen-bond donors (Lipinski definition) is 2. The first-order valence-corrected chi connectivity index (χ1v) is 9.59. The molecule has 0 radical (unpaired) electrons. The zero-order valence-corrected chi connectivity index (χ0v) is 17.9. The predicted molar refractivity (Wildman–Crippen MR) is 115 cm³/mol. The van der Waals surface area contributed by atoms with Crippen molar-refractivity contribution in [2.45, 2.75) is 39.8 Å². The van der Waals surface area contributed by atoms with Gasteiger partial charge in [0.1, 0.15) is 11.3 Å².